The van der Waals surface area contributed by atoms with Crippen LogP contribution < -0.4 is 0 Å². The molecular weight excluding hydrogens is 284 g/mol. The van der Waals surface area contributed by atoms with Crippen LogP contribution in [0.15, 0.2) is 0 Å². The van der Waals surface area contributed by atoms with Crippen LogP contribution in [0.1, 0.15) is 78.6 Å². The van der Waals surface area contributed by atoms with Gasteiger partial charge in [0.25, 0.3) is 0 Å². The average Bonchev–Trinajstić information content (AvgIpc) is 2.85. The van der Waals surface area contributed by atoms with Crippen LogP contribution >= 0.6 is 0 Å². The van der Waals surface area contributed by atoms with Crippen LogP contribution in [0.5, 0.6) is 0 Å². The summed E-state index contributed by atoms with van der Waals surface area (Å²) in [6, 6.07) is 0. The van der Waals surface area contributed by atoms with Gasteiger partial charge in [-0.3, -0.25) is 4.79 Å². The number of hydrogen-bond acceptors (Lipinski definition) is 2. The second-order valence-corrected chi connectivity index (χ2v) is 9.87. The summed E-state index contributed by atoms with van der Waals surface area (Å²) in [4.78, 5) is 11.9. The van der Waals surface area contributed by atoms with Gasteiger partial charge in [-0.15, -0.1) is 0 Å². The van der Waals surface area contributed by atoms with Crippen LogP contribution in [0, 0.1) is 40.4 Å². The molecule has 0 aromatic carbocycles. The zero-order valence-corrected chi connectivity index (χ0v) is 15.2. The first-order valence-corrected chi connectivity index (χ1v) is 10.1. The van der Waals surface area contributed by atoms with E-state index in [9.17, 15) is 9.90 Å². The zero-order chi connectivity index (χ0) is 16.4. The Labute approximate surface area is 141 Å². The molecule has 4 aliphatic carbocycles. The zero-order valence-electron chi connectivity index (χ0n) is 15.2. The van der Waals surface area contributed by atoms with E-state index < -0.39 is 0 Å². The molecule has 8 atom stereocenters. The second-order valence-electron chi connectivity index (χ2n) is 9.87. The molecule has 4 rings (SSSR count). The van der Waals surface area contributed by atoms with Gasteiger partial charge < -0.3 is 5.11 Å². The molecule has 0 bridgehead atoms. The van der Waals surface area contributed by atoms with Crippen LogP contribution in [-0.2, 0) is 4.79 Å². The lowest BCUT2D eigenvalue weighted by atomic mass is 9.44. The van der Waals surface area contributed by atoms with Crippen molar-refractivity contribution in [3.63, 3.8) is 0 Å². The minimum atomic E-state index is -0.152. The third kappa shape index (κ3) is 2.19. The van der Waals surface area contributed by atoms with Crippen molar-refractivity contribution < 1.29 is 9.90 Å². The van der Waals surface area contributed by atoms with Crippen molar-refractivity contribution in [3.05, 3.63) is 0 Å². The second kappa shape index (κ2) is 5.31. The summed E-state index contributed by atoms with van der Waals surface area (Å²) < 4.78 is 0. The Kier molecular flexibility index (Phi) is 3.72. The van der Waals surface area contributed by atoms with E-state index in [0.717, 1.165) is 37.0 Å². The van der Waals surface area contributed by atoms with E-state index in [1.807, 2.05) is 6.92 Å². The number of rotatable bonds is 1. The van der Waals surface area contributed by atoms with E-state index in [0.29, 0.717) is 28.4 Å². The highest BCUT2D eigenvalue weighted by atomic mass is 16.3. The summed E-state index contributed by atoms with van der Waals surface area (Å²) in [6.45, 7) is 7.01. The maximum absolute atomic E-state index is 11.9. The smallest absolute Gasteiger partial charge is 0.133 e. The van der Waals surface area contributed by atoms with Gasteiger partial charge in [-0.05, 0) is 92.3 Å². The Hall–Kier alpha value is -0.370. The number of ketones is 1. The Morgan fingerprint density at radius 1 is 1.00 bits per heavy atom. The van der Waals surface area contributed by atoms with Crippen molar-refractivity contribution in [3.8, 4) is 0 Å². The molecule has 1 N–H and O–H groups in total. The lowest BCUT2D eigenvalue weighted by molar-refractivity contribution is -0.141. The molecule has 0 aromatic rings. The van der Waals surface area contributed by atoms with Crippen molar-refractivity contribution in [2.75, 3.05) is 0 Å². The molecule has 0 spiro atoms. The topological polar surface area (TPSA) is 37.3 Å². The molecule has 4 aliphatic rings. The highest BCUT2D eigenvalue weighted by molar-refractivity contribution is 5.79. The summed E-state index contributed by atoms with van der Waals surface area (Å²) >= 11 is 0. The van der Waals surface area contributed by atoms with Crippen LogP contribution in [-0.4, -0.2) is 17.0 Å². The van der Waals surface area contributed by atoms with Crippen molar-refractivity contribution in [2.45, 2.75) is 84.7 Å². The van der Waals surface area contributed by atoms with Gasteiger partial charge >= 0.3 is 0 Å². The number of aliphatic hydroxyl groups is 1. The minimum Gasteiger partial charge on any atom is -0.393 e. The van der Waals surface area contributed by atoms with E-state index >= 15 is 0 Å². The number of carbonyl (C=O) groups is 1. The van der Waals surface area contributed by atoms with E-state index in [-0.39, 0.29) is 6.10 Å². The molecule has 0 aliphatic heterocycles. The molecule has 4 fully saturated rings. The minimum absolute atomic E-state index is 0.152. The van der Waals surface area contributed by atoms with E-state index in [4.69, 9.17) is 0 Å². The molecule has 0 radical (unpaired) electrons. The maximum atomic E-state index is 11.9. The lowest BCUT2D eigenvalue weighted by Crippen LogP contribution is -2.54. The molecular formula is C21H34O2. The van der Waals surface area contributed by atoms with Gasteiger partial charge in [-0.1, -0.05) is 13.8 Å². The van der Waals surface area contributed by atoms with Crippen molar-refractivity contribution in [2.24, 2.45) is 40.4 Å². The molecule has 2 nitrogen and oxygen atoms in total. The fourth-order valence-electron chi connectivity index (χ4n) is 7.88. The van der Waals surface area contributed by atoms with E-state index in [1.165, 1.54) is 38.5 Å². The number of Topliss-reactive ketones (excluding diaryl/α,β-unsaturated/α-hetero) is 1. The molecule has 130 valence electrons. The summed E-state index contributed by atoms with van der Waals surface area (Å²) in [5.41, 5.74) is 0.782. The van der Waals surface area contributed by atoms with Crippen LogP contribution in [0.4, 0.5) is 0 Å². The SMILES string of the molecule is C[C@H](O)[C@@H]1CC[C@@H]2[C@H]3CC[C@H]4CC(=O)CC[C@]4(C)[C@@H]3CC[C@]21C. The lowest BCUT2D eigenvalue weighted by Gasteiger charge is -2.60. The fourth-order valence-corrected chi connectivity index (χ4v) is 7.88. The van der Waals surface area contributed by atoms with Gasteiger partial charge in [0.15, 0.2) is 0 Å². The van der Waals surface area contributed by atoms with E-state index in [2.05, 4.69) is 13.8 Å². The van der Waals surface area contributed by atoms with Gasteiger partial charge in [0.05, 0.1) is 6.10 Å². The summed E-state index contributed by atoms with van der Waals surface area (Å²) in [5.74, 6) is 4.18. The number of aliphatic hydroxyl groups excluding tert-OH is 1. The largest absolute Gasteiger partial charge is 0.393 e. The molecule has 2 heteroatoms. The summed E-state index contributed by atoms with van der Waals surface area (Å²) in [6.07, 6.45) is 10.5. The number of fused-ring (bicyclic) bond motifs is 5. The van der Waals surface area contributed by atoms with Gasteiger partial charge in [0.1, 0.15) is 5.78 Å². The average molecular weight is 319 g/mol. The number of carbonyl (C=O) groups excluding carboxylic acids is 1. The molecule has 0 amide bonds. The third-order valence-corrected chi connectivity index (χ3v) is 9.14. The quantitative estimate of drug-likeness (QED) is 0.767. The van der Waals surface area contributed by atoms with Crippen molar-refractivity contribution in [1.29, 1.82) is 0 Å². The predicted octanol–water partition coefficient (Wildman–Crippen LogP) is 4.60. The monoisotopic (exact) mass is 318 g/mol. The predicted molar refractivity (Wildman–Crippen MR) is 91.9 cm³/mol. The fraction of sp³-hybridized carbons (Fsp3) is 0.952. The van der Waals surface area contributed by atoms with Crippen molar-refractivity contribution in [1.82, 2.24) is 0 Å². The van der Waals surface area contributed by atoms with Crippen LogP contribution in [0.2, 0.25) is 0 Å². The Bertz CT molecular complexity index is 498. The Morgan fingerprint density at radius 3 is 2.48 bits per heavy atom. The Morgan fingerprint density at radius 2 is 1.74 bits per heavy atom. The third-order valence-electron chi connectivity index (χ3n) is 9.14. The first-order valence-electron chi connectivity index (χ1n) is 10.1. The first kappa shape index (κ1) is 16.1. The normalized spacial score (nSPS) is 54.1. The molecule has 0 aromatic heterocycles. The van der Waals surface area contributed by atoms with Gasteiger partial charge in [-0.25, -0.2) is 0 Å². The number of hydrogen-bond donors (Lipinski definition) is 1. The summed E-state index contributed by atoms with van der Waals surface area (Å²) in [7, 11) is 0. The molecule has 4 saturated carbocycles. The first-order chi connectivity index (χ1) is 10.9. The van der Waals surface area contributed by atoms with Gasteiger partial charge in [-0.2, -0.15) is 0 Å². The highest BCUT2D eigenvalue weighted by Crippen LogP contribution is 2.67. The van der Waals surface area contributed by atoms with Gasteiger partial charge in [0.2, 0.25) is 0 Å². The van der Waals surface area contributed by atoms with Crippen LogP contribution in [0.25, 0.3) is 0 Å². The highest BCUT2D eigenvalue weighted by Gasteiger charge is 2.60. The van der Waals surface area contributed by atoms with Crippen molar-refractivity contribution >= 4 is 5.78 Å². The standard InChI is InChI=1S/C21H34O2/c1-13(22)17-6-7-18-16-5-4-14-12-15(23)8-10-20(14,2)19(16)9-11-21(17,18)3/h13-14,16-19,22H,4-12H2,1-3H3/t13-,14-,16+,17-,18+,19+,20-,21-/m0/s1. The molecule has 23 heavy (non-hydrogen) atoms. The molecule has 0 unspecified atom stereocenters. The van der Waals surface area contributed by atoms with E-state index in [1.54, 1.807) is 0 Å². The maximum Gasteiger partial charge on any atom is 0.133 e. The van der Waals surface area contributed by atoms with Gasteiger partial charge in [0, 0.05) is 12.8 Å². The summed E-state index contributed by atoms with van der Waals surface area (Å²) in [5, 5.41) is 10.3. The Balaban J connectivity index is 1.61. The molecule has 0 heterocycles. The molecule has 0 saturated heterocycles. The van der Waals surface area contributed by atoms with Crippen LogP contribution in [0.3, 0.4) is 0 Å².